The van der Waals surface area contributed by atoms with Crippen LogP contribution in [0.15, 0.2) is 24.3 Å². The monoisotopic (exact) mass is 290 g/mol. The van der Waals surface area contributed by atoms with Crippen LogP contribution >= 0.6 is 0 Å². The van der Waals surface area contributed by atoms with E-state index in [9.17, 15) is 4.79 Å². The van der Waals surface area contributed by atoms with Crippen molar-refractivity contribution in [3.05, 3.63) is 29.8 Å². The minimum absolute atomic E-state index is 0.0714. The van der Waals surface area contributed by atoms with Gasteiger partial charge < -0.3 is 15.8 Å². The van der Waals surface area contributed by atoms with E-state index in [1.54, 1.807) is 0 Å². The van der Waals surface area contributed by atoms with Gasteiger partial charge in [0.15, 0.2) is 6.61 Å². The van der Waals surface area contributed by atoms with Gasteiger partial charge in [-0.05, 0) is 36.5 Å². The van der Waals surface area contributed by atoms with Crippen molar-refractivity contribution in [3.8, 4) is 5.75 Å². The first-order valence-corrected chi connectivity index (χ1v) is 7.90. The Morgan fingerprint density at radius 1 is 1.33 bits per heavy atom. The van der Waals surface area contributed by atoms with Crippen LogP contribution in [0, 0.1) is 5.92 Å². The molecule has 1 aromatic carbocycles. The smallest absolute Gasteiger partial charge is 0.255 e. The molecule has 3 N–H and O–H groups in total. The molecule has 0 aliphatic heterocycles. The summed E-state index contributed by atoms with van der Waals surface area (Å²) in [6.45, 7) is 3.10. The minimum Gasteiger partial charge on any atom is -0.484 e. The third kappa shape index (κ3) is 5.38. The fraction of sp³-hybridized carbons (Fsp3) is 0.588. The zero-order valence-corrected chi connectivity index (χ0v) is 12.8. The summed E-state index contributed by atoms with van der Waals surface area (Å²) in [6.07, 6.45) is 6.62. The lowest BCUT2D eigenvalue weighted by Gasteiger charge is -2.29. The van der Waals surface area contributed by atoms with Crippen LogP contribution < -0.4 is 15.8 Å². The minimum atomic E-state index is -0.455. The summed E-state index contributed by atoms with van der Waals surface area (Å²) in [7, 11) is 0. The molecule has 1 aliphatic rings. The number of hydrogen-bond acceptors (Lipinski definition) is 3. The second-order valence-electron chi connectivity index (χ2n) is 5.92. The lowest BCUT2D eigenvalue weighted by molar-refractivity contribution is -0.119. The highest BCUT2D eigenvalue weighted by molar-refractivity contribution is 5.75. The first-order valence-electron chi connectivity index (χ1n) is 7.90. The van der Waals surface area contributed by atoms with Gasteiger partial charge in [0.2, 0.25) is 0 Å². The maximum Gasteiger partial charge on any atom is 0.255 e. The third-order valence-corrected chi connectivity index (χ3v) is 4.26. The van der Waals surface area contributed by atoms with Gasteiger partial charge in [-0.2, -0.15) is 0 Å². The van der Waals surface area contributed by atoms with Gasteiger partial charge in [0.1, 0.15) is 5.75 Å². The molecule has 4 heteroatoms. The van der Waals surface area contributed by atoms with Crippen LogP contribution in [0.2, 0.25) is 0 Å². The topological polar surface area (TPSA) is 64.3 Å². The highest BCUT2D eigenvalue weighted by Gasteiger charge is 2.19. The normalized spacial score (nSPS) is 22.0. The van der Waals surface area contributed by atoms with Gasteiger partial charge in [-0.3, -0.25) is 4.79 Å². The van der Waals surface area contributed by atoms with Gasteiger partial charge in [-0.15, -0.1) is 0 Å². The summed E-state index contributed by atoms with van der Waals surface area (Å²) in [4.78, 5) is 10.7. The second kappa shape index (κ2) is 8.03. The molecule has 2 unspecified atom stereocenters. The molecule has 1 amide bonds. The predicted molar refractivity (Wildman–Crippen MR) is 84.0 cm³/mol. The molecule has 116 valence electrons. The summed E-state index contributed by atoms with van der Waals surface area (Å²) in [6, 6.07) is 8.48. The summed E-state index contributed by atoms with van der Waals surface area (Å²) < 4.78 is 5.25. The molecule has 0 spiro atoms. The molecule has 0 saturated heterocycles. The number of benzene rings is 1. The largest absolute Gasteiger partial charge is 0.484 e. The zero-order valence-electron chi connectivity index (χ0n) is 12.8. The standard InChI is InChI=1S/C17H26N2O2/c1-2-13-4-3-5-15(10-13)19-11-14-6-8-16(9-7-14)21-12-17(18)20/h6-9,13,15,19H,2-5,10-12H2,1H3,(H2,18,20). The Balaban J connectivity index is 1.76. The Bertz CT molecular complexity index is 445. The van der Waals surface area contributed by atoms with Gasteiger partial charge >= 0.3 is 0 Å². The molecule has 0 aromatic heterocycles. The van der Waals surface area contributed by atoms with Crippen LogP contribution in [0.1, 0.15) is 44.6 Å². The lowest BCUT2D eigenvalue weighted by Crippen LogP contribution is -2.33. The Kier molecular flexibility index (Phi) is 6.05. The Morgan fingerprint density at radius 2 is 2.10 bits per heavy atom. The van der Waals surface area contributed by atoms with E-state index in [0.717, 1.165) is 12.5 Å². The van der Waals surface area contributed by atoms with Gasteiger partial charge in [-0.1, -0.05) is 38.3 Å². The van der Waals surface area contributed by atoms with Crippen molar-refractivity contribution in [1.29, 1.82) is 0 Å². The molecule has 0 bridgehead atoms. The average molecular weight is 290 g/mol. The van der Waals surface area contributed by atoms with Crippen molar-refractivity contribution < 1.29 is 9.53 Å². The summed E-state index contributed by atoms with van der Waals surface area (Å²) >= 11 is 0. The maximum absolute atomic E-state index is 10.7. The molecule has 0 radical (unpaired) electrons. The summed E-state index contributed by atoms with van der Waals surface area (Å²) in [5.74, 6) is 1.12. The molecule has 2 rings (SSSR count). The number of nitrogens with two attached hydrogens (primary N) is 1. The van der Waals surface area contributed by atoms with Crippen LogP contribution in [0.25, 0.3) is 0 Å². The molecular formula is C17H26N2O2. The zero-order chi connectivity index (χ0) is 15.1. The van der Waals surface area contributed by atoms with Gasteiger partial charge in [0.05, 0.1) is 0 Å². The van der Waals surface area contributed by atoms with Crippen LogP contribution in [0.4, 0.5) is 0 Å². The molecule has 2 atom stereocenters. The molecule has 21 heavy (non-hydrogen) atoms. The van der Waals surface area contributed by atoms with Crippen LogP contribution in [0.5, 0.6) is 5.75 Å². The third-order valence-electron chi connectivity index (χ3n) is 4.26. The number of nitrogens with one attached hydrogen (secondary N) is 1. The van der Waals surface area contributed by atoms with Crippen LogP contribution in [-0.2, 0) is 11.3 Å². The van der Waals surface area contributed by atoms with E-state index in [1.807, 2.05) is 24.3 Å². The SMILES string of the molecule is CCC1CCCC(NCc2ccc(OCC(N)=O)cc2)C1. The quantitative estimate of drug-likeness (QED) is 0.811. The molecule has 1 aromatic rings. The summed E-state index contributed by atoms with van der Waals surface area (Å²) in [5.41, 5.74) is 6.29. The van der Waals surface area contributed by atoms with Crippen molar-refractivity contribution in [2.75, 3.05) is 6.61 Å². The lowest BCUT2D eigenvalue weighted by atomic mass is 9.84. The van der Waals surface area contributed by atoms with Crippen LogP contribution in [0.3, 0.4) is 0 Å². The van der Waals surface area contributed by atoms with Crippen molar-refractivity contribution in [1.82, 2.24) is 5.32 Å². The average Bonchev–Trinajstić information content (AvgIpc) is 2.52. The number of ether oxygens (including phenoxy) is 1. The van der Waals surface area contributed by atoms with Crippen molar-refractivity contribution >= 4 is 5.91 Å². The first kappa shape index (κ1) is 15.8. The van der Waals surface area contributed by atoms with E-state index in [1.165, 1.54) is 37.7 Å². The van der Waals surface area contributed by atoms with Gasteiger partial charge in [0.25, 0.3) is 5.91 Å². The maximum atomic E-state index is 10.7. The number of rotatable bonds is 7. The van der Waals surface area contributed by atoms with Gasteiger partial charge in [-0.25, -0.2) is 0 Å². The molecule has 1 fully saturated rings. The van der Waals surface area contributed by atoms with E-state index < -0.39 is 5.91 Å². The summed E-state index contributed by atoms with van der Waals surface area (Å²) in [5, 5.41) is 3.66. The van der Waals surface area contributed by atoms with Crippen molar-refractivity contribution in [2.45, 2.75) is 51.6 Å². The Hall–Kier alpha value is -1.55. The highest BCUT2D eigenvalue weighted by Crippen LogP contribution is 2.26. The molecule has 4 nitrogen and oxygen atoms in total. The van der Waals surface area contributed by atoms with E-state index in [-0.39, 0.29) is 6.61 Å². The fourth-order valence-electron chi connectivity index (χ4n) is 2.97. The van der Waals surface area contributed by atoms with Crippen molar-refractivity contribution in [2.24, 2.45) is 11.7 Å². The molecule has 1 saturated carbocycles. The number of carbonyl (C=O) groups excluding carboxylic acids is 1. The highest BCUT2D eigenvalue weighted by atomic mass is 16.5. The first-order chi connectivity index (χ1) is 10.2. The molecule has 0 heterocycles. The van der Waals surface area contributed by atoms with E-state index in [4.69, 9.17) is 10.5 Å². The number of amides is 1. The fourth-order valence-corrected chi connectivity index (χ4v) is 2.97. The predicted octanol–water partition coefficient (Wildman–Crippen LogP) is 2.61. The molecular weight excluding hydrogens is 264 g/mol. The number of primary amides is 1. The van der Waals surface area contributed by atoms with Crippen molar-refractivity contribution in [3.63, 3.8) is 0 Å². The second-order valence-corrected chi connectivity index (χ2v) is 5.92. The van der Waals surface area contributed by atoms with E-state index in [2.05, 4.69) is 12.2 Å². The van der Waals surface area contributed by atoms with E-state index in [0.29, 0.717) is 11.8 Å². The number of hydrogen-bond donors (Lipinski definition) is 2. The molecule has 1 aliphatic carbocycles. The Labute approximate surface area is 127 Å². The van der Waals surface area contributed by atoms with E-state index >= 15 is 0 Å². The number of carbonyl (C=O) groups is 1. The van der Waals surface area contributed by atoms with Crippen LogP contribution in [-0.4, -0.2) is 18.6 Å². The van der Waals surface area contributed by atoms with Gasteiger partial charge in [0, 0.05) is 12.6 Å². The Morgan fingerprint density at radius 3 is 2.76 bits per heavy atom.